The van der Waals surface area contributed by atoms with Gasteiger partial charge in [0.15, 0.2) is 11.5 Å². The zero-order chi connectivity index (χ0) is 17.3. The Bertz CT molecular complexity index is 720. The van der Waals surface area contributed by atoms with Gasteiger partial charge in [0.1, 0.15) is 12.2 Å². The molecular formula is C20H27NO4. The van der Waals surface area contributed by atoms with Gasteiger partial charge in [0.05, 0.1) is 13.2 Å². The lowest BCUT2D eigenvalue weighted by Gasteiger charge is -2.50. The van der Waals surface area contributed by atoms with Crippen LogP contribution < -0.4 is 9.47 Å². The summed E-state index contributed by atoms with van der Waals surface area (Å²) in [5.74, 6) is 1.75. The zero-order valence-electron chi connectivity index (χ0n) is 15.2. The fraction of sp³-hybridized carbons (Fsp3) is 0.700. The van der Waals surface area contributed by atoms with E-state index in [-0.39, 0.29) is 17.6 Å². The van der Waals surface area contributed by atoms with E-state index in [1.807, 2.05) is 0 Å². The maximum atomic E-state index is 10.5. The van der Waals surface area contributed by atoms with Crippen LogP contribution in [0.5, 0.6) is 11.5 Å². The van der Waals surface area contributed by atoms with Crippen molar-refractivity contribution in [3.05, 3.63) is 22.8 Å². The van der Waals surface area contributed by atoms with Gasteiger partial charge in [-0.3, -0.25) is 4.90 Å². The Morgan fingerprint density at radius 2 is 2.08 bits per heavy atom. The van der Waals surface area contributed by atoms with Crippen LogP contribution in [0.1, 0.15) is 48.4 Å². The first-order valence-corrected chi connectivity index (χ1v) is 9.42. The van der Waals surface area contributed by atoms with Crippen LogP contribution in [0.15, 0.2) is 6.07 Å². The number of hydrogen-bond donors (Lipinski definition) is 1. The lowest BCUT2D eigenvalue weighted by molar-refractivity contribution is -0.119. The van der Waals surface area contributed by atoms with Gasteiger partial charge in [-0.1, -0.05) is 0 Å². The molecule has 0 bridgehead atoms. The van der Waals surface area contributed by atoms with Gasteiger partial charge in [0, 0.05) is 30.7 Å². The third kappa shape index (κ3) is 1.89. The lowest BCUT2D eigenvalue weighted by atomic mass is 9.58. The Hall–Kier alpha value is -1.30. The molecule has 136 valence electrons. The van der Waals surface area contributed by atoms with E-state index in [2.05, 4.69) is 18.0 Å². The number of benzene rings is 1. The SMILES string of the molecule is COc1cc2c3c4c1OC1C(OC)C(O)CCC41CCC3N(C)CC2. The van der Waals surface area contributed by atoms with Gasteiger partial charge >= 0.3 is 0 Å². The summed E-state index contributed by atoms with van der Waals surface area (Å²) in [6, 6.07) is 2.66. The number of methoxy groups -OCH3 is 2. The second kappa shape index (κ2) is 5.35. The summed E-state index contributed by atoms with van der Waals surface area (Å²) < 4.78 is 17.9. The molecule has 0 amide bonds. The number of likely N-dealkylation sites (N-methyl/N-ethyl adjacent to an activating group) is 1. The average molecular weight is 345 g/mol. The lowest BCUT2D eigenvalue weighted by Crippen LogP contribution is -2.57. The molecule has 0 aromatic heterocycles. The summed E-state index contributed by atoms with van der Waals surface area (Å²) in [4.78, 5) is 2.49. The molecule has 1 aromatic rings. The molecule has 5 atom stereocenters. The van der Waals surface area contributed by atoms with E-state index in [9.17, 15) is 5.11 Å². The van der Waals surface area contributed by atoms with Crippen molar-refractivity contribution in [2.75, 3.05) is 27.8 Å². The van der Waals surface area contributed by atoms with E-state index in [1.165, 1.54) is 16.7 Å². The minimum Gasteiger partial charge on any atom is -0.493 e. The molecular weight excluding hydrogens is 318 g/mol. The zero-order valence-corrected chi connectivity index (χ0v) is 15.2. The van der Waals surface area contributed by atoms with Crippen molar-refractivity contribution in [1.29, 1.82) is 0 Å². The predicted octanol–water partition coefficient (Wildman–Crippen LogP) is 2.19. The third-order valence-corrected chi connectivity index (χ3v) is 7.18. The van der Waals surface area contributed by atoms with Crippen LogP contribution in [0.2, 0.25) is 0 Å². The first-order chi connectivity index (χ1) is 12.1. The van der Waals surface area contributed by atoms with Gasteiger partial charge in [-0.25, -0.2) is 0 Å². The molecule has 5 nitrogen and oxygen atoms in total. The highest BCUT2D eigenvalue weighted by Crippen LogP contribution is 2.62. The molecule has 1 fully saturated rings. The summed E-state index contributed by atoms with van der Waals surface area (Å²) in [7, 11) is 5.64. The van der Waals surface area contributed by atoms with E-state index in [4.69, 9.17) is 14.2 Å². The maximum Gasteiger partial charge on any atom is 0.166 e. The maximum absolute atomic E-state index is 10.5. The molecule has 1 spiro atoms. The molecule has 0 radical (unpaired) electrons. The summed E-state index contributed by atoms with van der Waals surface area (Å²) >= 11 is 0. The predicted molar refractivity (Wildman–Crippen MR) is 93.4 cm³/mol. The second-order valence-electron chi connectivity index (χ2n) is 8.14. The molecule has 25 heavy (non-hydrogen) atoms. The van der Waals surface area contributed by atoms with Crippen molar-refractivity contribution in [2.45, 2.75) is 61.9 Å². The number of ether oxygens (including phenoxy) is 3. The van der Waals surface area contributed by atoms with Crippen molar-refractivity contribution < 1.29 is 19.3 Å². The fourth-order valence-electron chi connectivity index (χ4n) is 5.97. The van der Waals surface area contributed by atoms with E-state index in [1.54, 1.807) is 14.2 Å². The second-order valence-corrected chi connectivity index (χ2v) is 8.14. The quantitative estimate of drug-likeness (QED) is 0.890. The molecule has 1 N–H and O–H groups in total. The number of rotatable bonds is 2. The molecule has 2 aliphatic carbocycles. The van der Waals surface area contributed by atoms with Gasteiger partial charge in [-0.2, -0.15) is 0 Å². The highest BCUT2D eigenvalue weighted by atomic mass is 16.6. The van der Waals surface area contributed by atoms with E-state index >= 15 is 0 Å². The molecule has 0 saturated heterocycles. The number of aliphatic hydroxyl groups is 1. The molecule has 2 heterocycles. The topological polar surface area (TPSA) is 51.2 Å². The van der Waals surface area contributed by atoms with Crippen LogP contribution in [0, 0.1) is 0 Å². The normalized spacial score (nSPS) is 38.7. The van der Waals surface area contributed by atoms with Crippen LogP contribution >= 0.6 is 0 Å². The van der Waals surface area contributed by atoms with Gasteiger partial charge in [-0.15, -0.1) is 0 Å². The van der Waals surface area contributed by atoms with Crippen molar-refractivity contribution >= 4 is 0 Å². The van der Waals surface area contributed by atoms with E-state index in [0.29, 0.717) is 6.04 Å². The third-order valence-electron chi connectivity index (χ3n) is 7.18. The highest BCUT2D eigenvalue weighted by molar-refractivity contribution is 5.64. The summed E-state index contributed by atoms with van der Waals surface area (Å²) in [6.45, 7) is 1.09. The fourth-order valence-corrected chi connectivity index (χ4v) is 5.97. The Morgan fingerprint density at radius 3 is 2.84 bits per heavy atom. The number of aliphatic hydroxyl groups excluding tert-OH is 1. The van der Waals surface area contributed by atoms with Crippen molar-refractivity contribution in [3.63, 3.8) is 0 Å². The van der Waals surface area contributed by atoms with Gasteiger partial charge in [0.2, 0.25) is 0 Å². The molecule has 5 heteroatoms. The Morgan fingerprint density at radius 1 is 1.28 bits per heavy atom. The van der Waals surface area contributed by atoms with Crippen LogP contribution in [0.4, 0.5) is 0 Å². The number of nitrogens with zero attached hydrogens (tertiary/aromatic N) is 1. The minimum absolute atomic E-state index is 0.0391. The van der Waals surface area contributed by atoms with Crippen molar-refractivity contribution in [1.82, 2.24) is 4.90 Å². The van der Waals surface area contributed by atoms with E-state index in [0.717, 1.165) is 50.1 Å². The molecule has 2 aliphatic heterocycles. The monoisotopic (exact) mass is 345 g/mol. The van der Waals surface area contributed by atoms with Crippen molar-refractivity contribution in [2.24, 2.45) is 0 Å². The van der Waals surface area contributed by atoms with Gasteiger partial charge in [-0.05, 0) is 56.3 Å². The van der Waals surface area contributed by atoms with E-state index < -0.39 is 6.10 Å². The molecule has 4 aliphatic rings. The number of hydrogen-bond acceptors (Lipinski definition) is 5. The highest BCUT2D eigenvalue weighted by Gasteiger charge is 2.61. The Labute approximate surface area is 148 Å². The largest absolute Gasteiger partial charge is 0.493 e. The van der Waals surface area contributed by atoms with Crippen LogP contribution in [0.3, 0.4) is 0 Å². The molecule has 5 unspecified atom stereocenters. The first-order valence-electron chi connectivity index (χ1n) is 9.42. The molecule has 1 saturated carbocycles. The summed E-state index contributed by atoms with van der Waals surface area (Å²) in [6.07, 6.45) is 4.16. The molecule has 1 aromatic carbocycles. The Balaban J connectivity index is 1.75. The van der Waals surface area contributed by atoms with Gasteiger partial charge in [0.25, 0.3) is 0 Å². The standard InChI is InChI=1S/C20H27NO4/c1-21-9-6-11-10-14(23-2)18-16-15(11)12(21)4-7-20(16)8-5-13(22)17(24-3)19(20)25-18/h10,12-13,17,19,22H,4-9H2,1-3H3. The van der Waals surface area contributed by atoms with Gasteiger partial charge < -0.3 is 19.3 Å². The minimum atomic E-state index is -0.461. The summed E-state index contributed by atoms with van der Waals surface area (Å²) in [5, 5.41) is 10.5. The smallest absolute Gasteiger partial charge is 0.166 e. The van der Waals surface area contributed by atoms with Crippen LogP contribution in [-0.4, -0.2) is 56.1 Å². The first kappa shape index (κ1) is 15.9. The molecule has 5 rings (SSSR count). The summed E-state index contributed by atoms with van der Waals surface area (Å²) in [5.41, 5.74) is 4.22. The average Bonchev–Trinajstić information content (AvgIpc) is 2.98. The van der Waals surface area contributed by atoms with Crippen LogP contribution in [-0.2, 0) is 16.6 Å². The van der Waals surface area contributed by atoms with Crippen LogP contribution in [0.25, 0.3) is 0 Å². The Kier molecular flexibility index (Phi) is 3.41. The van der Waals surface area contributed by atoms with Crippen molar-refractivity contribution in [3.8, 4) is 11.5 Å².